The molecule has 1 rings (SSSR count). The highest BCUT2D eigenvalue weighted by Gasteiger charge is 2.19. The van der Waals surface area contributed by atoms with E-state index in [9.17, 15) is 17.6 Å². The molecular weight excluding hydrogens is 233 g/mol. The van der Waals surface area contributed by atoms with E-state index < -0.39 is 21.9 Å². The largest absolute Gasteiger partial charge is 0.298 e. The lowest BCUT2D eigenvalue weighted by Crippen LogP contribution is -2.37. The highest BCUT2D eigenvalue weighted by atomic mass is 32.2. The van der Waals surface area contributed by atoms with Crippen LogP contribution in [0.25, 0.3) is 0 Å². The number of hydrogen-bond acceptors (Lipinski definition) is 3. The molecule has 6 heteroatoms. The van der Waals surface area contributed by atoms with Gasteiger partial charge in [-0.2, -0.15) is 0 Å². The zero-order valence-electron chi connectivity index (χ0n) is 8.90. The van der Waals surface area contributed by atoms with E-state index in [1.54, 1.807) is 0 Å². The Morgan fingerprint density at radius 1 is 1.44 bits per heavy atom. The second-order valence-electron chi connectivity index (χ2n) is 3.41. The summed E-state index contributed by atoms with van der Waals surface area (Å²) in [4.78, 5) is 10.7. The van der Waals surface area contributed by atoms with Crippen LogP contribution in [0.4, 0.5) is 4.39 Å². The van der Waals surface area contributed by atoms with Crippen molar-refractivity contribution in [3.8, 4) is 0 Å². The number of nitrogens with one attached hydrogen (secondary N) is 1. The van der Waals surface area contributed by atoms with Crippen LogP contribution in [0.15, 0.2) is 29.2 Å². The van der Waals surface area contributed by atoms with Crippen LogP contribution in [-0.2, 0) is 14.8 Å². The molecule has 0 aliphatic heterocycles. The van der Waals surface area contributed by atoms with Crippen LogP contribution >= 0.6 is 0 Å². The zero-order chi connectivity index (χ0) is 12.3. The number of sulfonamides is 1. The summed E-state index contributed by atoms with van der Waals surface area (Å²) in [5.41, 5.74) is 0. The summed E-state index contributed by atoms with van der Waals surface area (Å²) in [6, 6.07) is 3.77. The third-order valence-corrected chi connectivity index (χ3v) is 3.59. The Morgan fingerprint density at radius 2 is 2.06 bits per heavy atom. The maximum Gasteiger partial charge on any atom is 0.241 e. The molecular formula is C10H12FNO3S. The average Bonchev–Trinajstić information content (AvgIpc) is 2.17. The van der Waals surface area contributed by atoms with Crippen molar-refractivity contribution in [2.24, 2.45) is 0 Å². The van der Waals surface area contributed by atoms with Crippen molar-refractivity contribution in [2.75, 3.05) is 0 Å². The molecule has 0 spiro atoms. The van der Waals surface area contributed by atoms with Crippen LogP contribution in [-0.4, -0.2) is 20.2 Å². The summed E-state index contributed by atoms with van der Waals surface area (Å²) in [6.45, 7) is 2.71. The molecule has 0 radical (unpaired) electrons. The molecule has 88 valence electrons. The highest BCUT2D eigenvalue weighted by molar-refractivity contribution is 7.89. The molecule has 1 aromatic rings. The Hall–Kier alpha value is -1.27. The average molecular weight is 245 g/mol. The van der Waals surface area contributed by atoms with E-state index >= 15 is 0 Å². The molecule has 0 fully saturated rings. The van der Waals surface area contributed by atoms with E-state index in [1.165, 1.54) is 26.0 Å². The SMILES string of the molecule is CC(=O)C(C)NS(=O)(=O)c1cccc(F)c1. The molecule has 1 N–H and O–H groups in total. The summed E-state index contributed by atoms with van der Waals surface area (Å²) < 4.78 is 38.3. The molecule has 16 heavy (non-hydrogen) atoms. The Balaban J connectivity index is 2.99. The number of halogens is 1. The van der Waals surface area contributed by atoms with Crippen molar-refractivity contribution in [3.05, 3.63) is 30.1 Å². The van der Waals surface area contributed by atoms with Gasteiger partial charge in [0.2, 0.25) is 10.0 Å². The Kier molecular flexibility index (Phi) is 3.77. The molecule has 0 saturated heterocycles. The predicted molar refractivity (Wildman–Crippen MR) is 56.9 cm³/mol. The predicted octanol–water partition coefficient (Wildman–Crippen LogP) is 1.08. The van der Waals surface area contributed by atoms with Crippen molar-refractivity contribution < 1.29 is 17.6 Å². The van der Waals surface area contributed by atoms with E-state index in [4.69, 9.17) is 0 Å². The summed E-state index contributed by atoms with van der Waals surface area (Å²) in [7, 11) is -3.84. The normalized spacial score (nSPS) is 13.4. The van der Waals surface area contributed by atoms with Gasteiger partial charge in [-0.1, -0.05) is 6.07 Å². The molecule has 0 aliphatic carbocycles. The molecule has 0 aromatic heterocycles. The number of benzene rings is 1. The van der Waals surface area contributed by atoms with Gasteiger partial charge >= 0.3 is 0 Å². The molecule has 0 heterocycles. The van der Waals surface area contributed by atoms with Crippen molar-refractivity contribution in [3.63, 3.8) is 0 Å². The standard InChI is InChI=1S/C10H12FNO3S/c1-7(8(2)13)12-16(14,15)10-5-3-4-9(11)6-10/h3-7,12H,1-2H3. The number of carbonyl (C=O) groups is 1. The summed E-state index contributed by atoms with van der Waals surface area (Å²) in [5, 5.41) is 0. The zero-order valence-corrected chi connectivity index (χ0v) is 9.71. The van der Waals surface area contributed by atoms with Gasteiger partial charge in [0.25, 0.3) is 0 Å². The molecule has 0 saturated carbocycles. The Labute approximate surface area is 93.5 Å². The van der Waals surface area contributed by atoms with Crippen molar-refractivity contribution in [2.45, 2.75) is 24.8 Å². The Morgan fingerprint density at radius 3 is 2.56 bits per heavy atom. The summed E-state index contributed by atoms with van der Waals surface area (Å²) in [5.74, 6) is -0.946. The van der Waals surface area contributed by atoms with Crippen LogP contribution in [0.2, 0.25) is 0 Å². The highest BCUT2D eigenvalue weighted by Crippen LogP contribution is 2.10. The Bertz CT molecular complexity index is 499. The van der Waals surface area contributed by atoms with Crippen molar-refractivity contribution >= 4 is 15.8 Å². The first-order valence-corrected chi connectivity index (χ1v) is 6.09. The third-order valence-electron chi connectivity index (χ3n) is 2.05. The molecule has 4 nitrogen and oxygen atoms in total. The number of ketones is 1. The van der Waals surface area contributed by atoms with Crippen LogP contribution < -0.4 is 4.72 Å². The van der Waals surface area contributed by atoms with E-state index in [-0.39, 0.29) is 10.7 Å². The first-order valence-electron chi connectivity index (χ1n) is 4.61. The minimum atomic E-state index is -3.84. The van der Waals surface area contributed by atoms with Gasteiger partial charge in [-0.05, 0) is 32.0 Å². The van der Waals surface area contributed by atoms with Gasteiger partial charge in [0.05, 0.1) is 10.9 Å². The monoisotopic (exact) mass is 245 g/mol. The minimum Gasteiger partial charge on any atom is -0.298 e. The van der Waals surface area contributed by atoms with Crippen LogP contribution in [0, 0.1) is 5.82 Å². The van der Waals surface area contributed by atoms with Crippen LogP contribution in [0.3, 0.4) is 0 Å². The summed E-state index contributed by atoms with van der Waals surface area (Å²) in [6.07, 6.45) is 0. The molecule has 0 aliphatic rings. The minimum absolute atomic E-state index is 0.194. The van der Waals surface area contributed by atoms with Gasteiger partial charge in [0.15, 0.2) is 0 Å². The molecule has 1 aromatic carbocycles. The van der Waals surface area contributed by atoms with Gasteiger partial charge < -0.3 is 0 Å². The lowest BCUT2D eigenvalue weighted by Gasteiger charge is -2.11. The van der Waals surface area contributed by atoms with E-state index in [0.29, 0.717) is 0 Å². The lowest BCUT2D eigenvalue weighted by molar-refractivity contribution is -0.118. The number of Topliss-reactive ketones (excluding diaryl/α,β-unsaturated/α-hetero) is 1. The van der Waals surface area contributed by atoms with E-state index in [1.807, 2.05) is 0 Å². The van der Waals surface area contributed by atoms with Gasteiger partial charge in [-0.15, -0.1) is 0 Å². The van der Waals surface area contributed by atoms with Crippen molar-refractivity contribution in [1.29, 1.82) is 0 Å². The van der Waals surface area contributed by atoms with E-state index in [2.05, 4.69) is 4.72 Å². The van der Waals surface area contributed by atoms with Crippen molar-refractivity contribution in [1.82, 2.24) is 4.72 Å². The fraction of sp³-hybridized carbons (Fsp3) is 0.300. The maximum atomic E-state index is 12.8. The second-order valence-corrected chi connectivity index (χ2v) is 5.12. The van der Waals surface area contributed by atoms with Crippen LogP contribution in [0.5, 0.6) is 0 Å². The van der Waals surface area contributed by atoms with Crippen LogP contribution in [0.1, 0.15) is 13.8 Å². The summed E-state index contributed by atoms with van der Waals surface area (Å²) >= 11 is 0. The number of hydrogen-bond donors (Lipinski definition) is 1. The van der Waals surface area contributed by atoms with Gasteiger partial charge in [0, 0.05) is 0 Å². The first kappa shape index (κ1) is 12.8. The molecule has 0 bridgehead atoms. The fourth-order valence-corrected chi connectivity index (χ4v) is 2.31. The quantitative estimate of drug-likeness (QED) is 0.863. The lowest BCUT2D eigenvalue weighted by atomic mass is 10.3. The fourth-order valence-electron chi connectivity index (χ4n) is 1.02. The smallest absolute Gasteiger partial charge is 0.241 e. The van der Waals surface area contributed by atoms with E-state index in [0.717, 1.165) is 12.1 Å². The first-order chi connectivity index (χ1) is 7.33. The van der Waals surface area contributed by atoms with Gasteiger partial charge in [-0.3, -0.25) is 4.79 Å². The molecule has 1 atom stereocenters. The maximum absolute atomic E-state index is 12.8. The third kappa shape index (κ3) is 3.11. The number of rotatable bonds is 4. The topological polar surface area (TPSA) is 63.2 Å². The van der Waals surface area contributed by atoms with Gasteiger partial charge in [0.1, 0.15) is 11.6 Å². The molecule has 0 amide bonds. The van der Waals surface area contributed by atoms with Gasteiger partial charge in [-0.25, -0.2) is 17.5 Å². The molecule has 1 unspecified atom stereocenters. The second kappa shape index (κ2) is 4.71. The number of carbonyl (C=O) groups excluding carboxylic acids is 1.